The molecule has 0 radical (unpaired) electrons. The Morgan fingerprint density at radius 1 is 0.667 bits per heavy atom. The summed E-state index contributed by atoms with van der Waals surface area (Å²) in [6.45, 7) is 4.52. The van der Waals surface area contributed by atoms with Crippen LogP contribution in [0.1, 0.15) is 73.8 Å². The van der Waals surface area contributed by atoms with Gasteiger partial charge in [-0.1, -0.05) is 135 Å². The Kier molecular flexibility index (Phi) is 22.2. The molecule has 0 spiro atoms. The molecule has 1 aliphatic carbocycles. The fourth-order valence-electron chi connectivity index (χ4n) is 2.41. The van der Waals surface area contributed by atoms with E-state index in [1.54, 1.807) is 0 Å². The fraction of sp³-hybridized carbons (Fsp3) is 0.500. The van der Waals surface area contributed by atoms with Crippen LogP contribution in [-0.4, -0.2) is 0 Å². The monoisotopic (exact) mass is 330 g/mol. The van der Waals surface area contributed by atoms with Crippen molar-refractivity contribution in [1.29, 1.82) is 0 Å². The van der Waals surface area contributed by atoms with Crippen LogP contribution >= 0.6 is 0 Å². The quantitative estimate of drug-likeness (QED) is 0.492. The second-order valence-electron chi connectivity index (χ2n) is 5.74. The van der Waals surface area contributed by atoms with Crippen LogP contribution in [0.2, 0.25) is 0 Å². The van der Waals surface area contributed by atoms with E-state index in [9.17, 15) is 0 Å². The van der Waals surface area contributed by atoms with Gasteiger partial charge in [0.2, 0.25) is 0 Å². The lowest BCUT2D eigenvalue weighted by atomic mass is 9.91. The molecule has 0 N–H and O–H groups in total. The third kappa shape index (κ3) is 15.3. The minimum Gasteiger partial charge on any atom is -0.0776 e. The van der Waals surface area contributed by atoms with E-state index in [2.05, 4.69) is 38.1 Å². The molecule has 0 aromatic heterocycles. The second kappa shape index (κ2) is 19.5. The van der Waals surface area contributed by atoms with Crippen molar-refractivity contribution in [3.8, 4) is 0 Å². The van der Waals surface area contributed by atoms with Crippen molar-refractivity contribution < 1.29 is 0 Å². The van der Waals surface area contributed by atoms with Gasteiger partial charge in [0.1, 0.15) is 0 Å². The van der Waals surface area contributed by atoms with E-state index in [0.717, 1.165) is 12.3 Å². The van der Waals surface area contributed by atoms with Gasteiger partial charge < -0.3 is 0 Å². The Hall–Kier alpha value is -1.56. The molecule has 0 aliphatic heterocycles. The zero-order valence-corrected chi connectivity index (χ0v) is 13.7. The summed E-state index contributed by atoms with van der Waals surface area (Å²) in [7, 11) is 0. The van der Waals surface area contributed by atoms with Gasteiger partial charge in [0, 0.05) is 0 Å². The van der Waals surface area contributed by atoms with Gasteiger partial charge in [0.05, 0.1) is 0 Å². The van der Waals surface area contributed by atoms with Crippen molar-refractivity contribution in [1.82, 2.24) is 0 Å². The lowest BCUT2D eigenvalue weighted by Gasteiger charge is -2.15. The van der Waals surface area contributed by atoms with Crippen LogP contribution in [0, 0.1) is 5.92 Å². The van der Waals surface area contributed by atoms with E-state index < -0.39 is 0 Å². The topological polar surface area (TPSA) is 0 Å². The van der Waals surface area contributed by atoms with Crippen LogP contribution in [0.4, 0.5) is 0 Å². The van der Waals surface area contributed by atoms with Gasteiger partial charge in [-0.15, -0.1) is 0 Å². The number of hydrogen-bond donors (Lipinski definition) is 0. The number of hydrogen-bond acceptors (Lipinski definition) is 0. The maximum absolute atomic E-state index is 2.36. The first-order valence-corrected chi connectivity index (χ1v) is 8.37. The molecule has 0 heterocycles. The van der Waals surface area contributed by atoms with Gasteiger partial charge in [-0.3, -0.25) is 0 Å². The van der Waals surface area contributed by atoms with Crippen LogP contribution < -0.4 is 0 Å². The minimum atomic E-state index is 0. The molecule has 0 saturated heterocycles. The van der Waals surface area contributed by atoms with Crippen molar-refractivity contribution in [2.75, 3.05) is 0 Å². The molecule has 2 aromatic carbocycles. The lowest BCUT2D eigenvalue weighted by Crippen LogP contribution is -1.99. The fourth-order valence-corrected chi connectivity index (χ4v) is 2.41. The first-order chi connectivity index (χ1) is 10.3. The smallest absolute Gasteiger partial charge is 0.0307 e. The predicted molar refractivity (Wildman–Crippen MR) is 115 cm³/mol. The summed E-state index contributed by atoms with van der Waals surface area (Å²) in [6, 6.07) is 22.5. The van der Waals surface area contributed by atoms with E-state index >= 15 is 0 Å². The summed E-state index contributed by atoms with van der Waals surface area (Å²) >= 11 is 0. The van der Waals surface area contributed by atoms with Gasteiger partial charge >= 0.3 is 0 Å². The van der Waals surface area contributed by atoms with Crippen molar-refractivity contribution in [3.05, 3.63) is 72.3 Å². The van der Waals surface area contributed by atoms with E-state index in [0.29, 0.717) is 0 Å². The Balaban J connectivity index is -0.000000261. The summed E-state index contributed by atoms with van der Waals surface area (Å²) in [5.41, 5.74) is 1.41. The van der Waals surface area contributed by atoms with E-state index in [1.165, 1.54) is 37.7 Å². The summed E-state index contributed by atoms with van der Waals surface area (Å²) in [4.78, 5) is 0. The standard InChI is InChI=1S/C8H10.C7H14.C6H6.3CH4/c1-2-8-6-4-3-5-7-8;1-7-5-3-2-4-6-7;1-2-4-6-5-3-1;;;/h3-7H,2H2,1H3;7H,2-6H2,1H3;1-6H;3*1H4. The molecule has 24 heavy (non-hydrogen) atoms. The average Bonchev–Trinajstić information content (AvgIpc) is 2.59. The first-order valence-electron chi connectivity index (χ1n) is 8.37. The van der Waals surface area contributed by atoms with Gasteiger partial charge in [0.15, 0.2) is 0 Å². The van der Waals surface area contributed by atoms with Crippen molar-refractivity contribution >= 4 is 0 Å². The van der Waals surface area contributed by atoms with E-state index in [-0.39, 0.29) is 22.3 Å². The summed E-state index contributed by atoms with van der Waals surface area (Å²) < 4.78 is 0. The number of benzene rings is 2. The van der Waals surface area contributed by atoms with Crippen LogP contribution in [0.15, 0.2) is 66.7 Å². The molecule has 0 heteroatoms. The molecule has 2 aromatic rings. The second-order valence-corrected chi connectivity index (χ2v) is 5.74. The molecule has 138 valence electrons. The first kappa shape index (κ1) is 27.3. The lowest BCUT2D eigenvalue weighted by molar-refractivity contribution is 0.385. The largest absolute Gasteiger partial charge is 0.0776 e. The molecule has 0 nitrogen and oxygen atoms in total. The van der Waals surface area contributed by atoms with Gasteiger partial charge in [0.25, 0.3) is 0 Å². The third-order valence-corrected chi connectivity index (χ3v) is 3.81. The van der Waals surface area contributed by atoms with Crippen LogP contribution in [-0.2, 0) is 6.42 Å². The van der Waals surface area contributed by atoms with Gasteiger partial charge in [-0.05, 0) is 17.9 Å². The molecular formula is C24H42. The summed E-state index contributed by atoms with van der Waals surface area (Å²) in [5, 5.41) is 0. The highest BCUT2D eigenvalue weighted by Gasteiger charge is 2.05. The van der Waals surface area contributed by atoms with E-state index in [4.69, 9.17) is 0 Å². The molecule has 3 rings (SSSR count). The molecule has 1 aliphatic rings. The van der Waals surface area contributed by atoms with Crippen LogP contribution in [0.5, 0.6) is 0 Å². The highest BCUT2D eigenvalue weighted by atomic mass is 14.1. The zero-order valence-electron chi connectivity index (χ0n) is 13.7. The molecule has 1 saturated carbocycles. The minimum absolute atomic E-state index is 0. The summed E-state index contributed by atoms with van der Waals surface area (Å²) in [5.74, 6) is 1.04. The van der Waals surface area contributed by atoms with Crippen molar-refractivity contribution in [2.24, 2.45) is 5.92 Å². The number of rotatable bonds is 1. The molecule has 0 bridgehead atoms. The Morgan fingerprint density at radius 2 is 1.04 bits per heavy atom. The highest BCUT2D eigenvalue weighted by Crippen LogP contribution is 2.22. The SMILES string of the molecule is C.C.C.CC1CCCCC1.CCc1ccccc1.c1ccccc1. The Bertz CT molecular complexity index is 386. The third-order valence-electron chi connectivity index (χ3n) is 3.81. The number of aryl methyl sites for hydroxylation is 1. The maximum atomic E-state index is 2.36. The van der Waals surface area contributed by atoms with Crippen LogP contribution in [0.3, 0.4) is 0 Å². The van der Waals surface area contributed by atoms with Crippen molar-refractivity contribution in [3.63, 3.8) is 0 Å². The highest BCUT2D eigenvalue weighted by molar-refractivity contribution is 5.13. The van der Waals surface area contributed by atoms with Gasteiger partial charge in [-0.25, -0.2) is 0 Å². The van der Waals surface area contributed by atoms with Crippen molar-refractivity contribution in [2.45, 2.75) is 74.7 Å². The Labute approximate surface area is 153 Å². The molecular weight excluding hydrogens is 288 g/mol. The maximum Gasteiger partial charge on any atom is -0.0307 e. The predicted octanol–water partition coefficient (Wildman–Crippen LogP) is 8.43. The molecule has 1 fully saturated rings. The zero-order chi connectivity index (χ0) is 15.2. The molecule has 0 amide bonds. The average molecular weight is 331 g/mol. The molecule has 0 unspecified atom stereocenters. The Morgan fingerprint density at radius 3 is 1.29 bits per heavy atom. The normalized spacial score (nSPS) is 12.4. The van der Waals surface area contributed by atoms with Gasteiger partial charge in [-0.2, -0.15) is 0 Å². The van der Waals surface area contributed by atoms with Crippen LogP contribution in [0.25, 0.3) is 0 Å². The van der Waals surface area contributed by atoms with E-state index in [1.807, 2.05) is 42.5 Å². The molecule has 0 atom stereocenters. The summed E-state index contributed by atoms with van der Waals surface area (Å²) in [6.07, 6.45) is 8.58.